The largest absolute Gasteiger partial charge is 0.414 e. The van der Waals surface area contributed by atoms with E-state index in [0.29, 0.717) is 18.3 Å². The normalized spacial score (nSPS) is 25.0. The highest BCUT2D eigenvalue weighted by molar-refractivity contribution is 6.23. The van der Waals surface area contributed by atoms with Gasteiger partial charge in [-0.25, -0.2) is 9.37 Å². The minimum atomic E-state index is -0.564. The molecular formula is C13H17N6O2+. The molecule has 1 N–H and O–H groups in total. The number of imide groups is 1. The van der Waals surface area contributed by atoms with E-state index in [1.165, 1.54) is 9.80 Å². The molecule has 21 heavy (non-hydrogen) atoms. The van der Waals surface area contributed by atoms with Gasteiger partial charge in [0.1, 0.15) is 6.54 Å². The molecule has 1 atom stereocenters. The Morgan fingerprint density at radius 2 is 2.24 bits per heavy atom. The molecule has 0 radical (unpaired) electrons. The first kappa shape index (κ1) is 13.5. The molecule has 0 bridgehead atoms. The Hall–Kier alpha value is -2.51. The fourth-order valence-corrected chi connectivity index (χ4v) is 2.58. The third-order valence-corrected chi connectivity index (χ3v) is 3.68. The Morgan fingerprint density at radius 1 is 1.48 bits per heavy atom. The molecule has 3 aliphatic rings. The van der Waals surface area contributed by atoms with E-state index in [4.69, 9.17) is 0 Å². The predicted molar refractivity (Wildman–Crippen MR) is 77.3 cm³/mol. The number of urea groups is 1. The maximum absolute atomic E-state index is 12.7. The quantitative estimate of drug-likeness (QED) is 0.554. The van der Waals surface area contributed by atoms with Crippen molar-refractivity contribution in [3.05, 3.63) is 12.2 Å². The summed E-state index contributed by atoms with van der Waals surface area (Å²) in [5, 5.41) is 4.11. The number of rotatable bonds is 2. The van der Waals surface area contributed by atoms with Crippen molar-refractivity contribution in [2.24, 2.45) is 10.1 Å². The molecule has 8 nitrogen and oxygen atoms in total. The predicted octanol–water partition coefficient (Wildman–Crippen LogP) is -0.415. The van der Waals surface area contributed by atoms with E-state index in [2.05, 4.69) is 15.5 Å². The summed E-state index contributed by atoms with van der Waals surface area (Å²) < 4.78 is 1.84. The highest BCUT2D eigenvalue weighted by Crippen LogP contribution is 2.20. The highest BCUT2D eigenvalue weighted by atomic mass is 16.2. The maximum Gasteiger partial charge on any atom is 0.414 e. The van der Waals surface area contributed by atoms with E-state index in [9.17, 15) is 9.59 Å². The van der Waals surface area contributed by atoms with Crippen molar-refractivity contribution < 1.29 is 14.2 Å². The van der Waals surface area contributed by atoms with Crippen LogP contribution in [0.5, 0.6) is 0 Å². The summed E-state index contributed by atoms with van der Waals surface area (Å²) >= 11 is 0. The number of carbonyl (C=O) groups excluding carboxylic acids is 2. The van der Waals surface area contributed by atoms with Gasteiger partial charge in [0.15, 0.2) is 0 Å². The average molecular weight is 289 g/mol. The lowest BCUT2D eigenvalue weighted by Gasteiger charge is -2.33. The van der Waals surface area contributed by atoms with Crippen molar-refractivity contribution in [2.45, 2.75) is 19.9 Å². The molecule has 3 rings (SSSR count). The van der Waals surface area contributed by atoms with Crippen molar-refractivity contribution in [1.29, 1.82) is 0 Å². The summed E-state index contributed by atoms with van der Waals surface area (Å²) in [6.07, 6.45) is 3.60. The number of guanidine groups is 1. The van der Waals surface area contributed by atoms with Gasteiger partial charge >= 0.3 is 12.0 Å². The zero-order chi connectivity index (χ0) is 15.1. The second-order valence-corrected chi connectivity index (χ2v) is 5.14. The molecule has 0 aromatic heterocycles. The van der Waals surface area contributed by atoms with Crippen LogP contribution in [0.25, 0.3) is 0 Å². The Morgan fingerprint density at radius 3 is 2.95 bits per heavy atom. The number of amidine groups is 1. The van der Waals surface area contributed by atoms with Gasteiger partial charge in [-0.3, -0.25) is 14.6 Å². The number of likely N-dealkylation sites (N-methyl/N-ethyl adjacent to an activating group) is 1. The fourth-order valence-electron chi connectivity index (χ4n) is 2.58. The summed E-state index contributed by atoms with van der Waals surface area (Å²) in [5.74, 6) is 0.720. The lowest BCUT2D eigenvalue weighted by atomic mass is 10.1. The van der Waals surface area contributed by atoms with Crippen LogP contribution in [-0.2, 0) is 4.79 Å². The van der Waals surface area contributed by atoms with E-state index in [0.717, 1.165) is 5.71 Å². The van der Waals surface area contributed by atoms with Gasteiger partial charge in [0, 0.05) is 13.6 Å². The summed E-state index contributed by atoms with van der Waals surface area (Å²) in [4.78, 5) is 32.0. The van der Waals surface area contributed by atoms with Gasteiger partial charge in [-0.05, 0) is 13.8 Å². The molecule has 3 amide bonds. The van der Waals surface area contributed by atoms with E-state index < -0.39 is 6.04 Å². The smallest absolute Gasteiger partial charge is 0.270 e. The second-order valence-electron chi connectivity index (χ2n) is 5.14. The van der Waals surface area contributed by atoms with Crippen molar-refractivity contribution in [2.75, 3.05) is 20.1 Å². The molecule has 1 fully saturated rings. The van der Waals surface area contributed by atoms with Crippen molar-refractivity contribution in [3.8, 4) is 0 Å². The number of allylic oxidation sites excluding steroid dienone is 1. The lowest BCUT2D eigenvalue weighted by molar-refractivity contribution is -0.524. The number of aliphatic imine (C=N–C) groups is 1. The molecule has 0 spiro atoms. The third-order valence-electron chi connectivity index (χ3n) is 3.68. The number of fused-ring (bicyclic) bond motifs is 2. The minimum Gasteiger partial charge on any atom is -0.270 e. The van der Waals surface area contributed by atoms with E-state index in [1.807, 2.05) is 24.5 Å². The van der Waals surface area contributed by atoms with Gasteiger partial charge < -0.3 is 0 Å². The van der Waals surface area contributed by atoms with Crippen LogP contribution in [0, 0.1) is 0 Å². The molecule has 8 heteroatoms. The van der Waals surface area contributed by atoms with E-state index >= 15 is 0 Å². The zero-order valence-electron chi connectivity index (χ0n) is 12.2. The molecule has 0 aromatic carbocycles. The Balaban J connectivity index is 1.96. The molecule has 1 saturated heterocycles. The van der Waals surface area contributed by atoms with Crippen LogP contribution in [0.4, 0.5) is 4.79 Å². The minimum absolute atomic E-state index is 0.249. The first-order chi connectivity index (χ1) is 10.0. The number of nitrogens with one attached hydrogen (secondary N) is 1. The van der Waals surface area contributed by atoms with Crippen LogP contribution < -0.4 is 5.43 Å². The van der Waals surface area contributed by atoms with Gasteiger partial charge in [0.25, 0.3) is 5.91 Å². The first-order valence-electron chi connectivity index (χ1n) is 6.76. The Kier molecular flexibility index (Phi) is 3.08. The van der Waals surface area contributed by atoms with Gasteiger partial charge in [-0.15, -0.1) is 5.10 Å². The lowest BCUT2D eigenvalue weighted by Crippen LogP contribution is -2.63. The third kappa shape index (κ3) is 1.94. The number of hydrogen-bond donors (Lipinski definition) is 1. The molecule has 110 valence electrons. The van der Waals surface area contributed by atoms with Crippen LogP contribution in [0.15, 0.2) is 22.2 Å². The number of hydrazone groups is 1. The maximum atomic E-state index is 12.7. The monoisotopic (exact) mass is 289 g/mol. The molecule has 3 aliphatic heterocycles. The Labute approximate surface area is 122 Å². The average Bonchev–Trinajstić information content (AvgIpc) is 2.84. The topological polar surface area (TPSA) is 80.4 Å². The van der Waals surface area contributed by atoms with Gasteiger partial charge in [-0.2, -0.15) is 5.43 Å². The molecule has 1 unspecified atom stereocenters. The standard InChI is InChI=1S/C13H16N6O2/c1-4-5-6-18-11(20)9-10(17(3)13(18)21)14-12-16-15-8(2)7-19(9)12/h4-5,9H,6-7H2,1-3H3/p+1/b5-4+. The number of nitrogens with zero attached hydrogens (tertiary/aromatic N) is 5. The Bertz CT molecular complexity index is 645. The highest BCUT2D eigenvalue weighted by Gasteiger charge is 2.52. The molecule has 0 saturated carbocycles. The summed E-state index contributed by atoms with van der Waals surface area (Å²) in [5.41, 5.74) is 3.68. The van der Waals surface area contributed by atoms with Crippen molar-refractivity contribution in [3.63, 3.8) is 0 Å². The van der Waals surface area contributed by atoms with Gasteiger partial charge in [-0.1, -0.05) is 17.1 Å². The summed E-state index contributed by atoms with van der Waals surface area (Å²) in [6, 6.07) is -0.919. The van der Waals surface area contributed by atoms with E-state index in [1.54, 1.807) is 13.1 Å². The molecular weight excluding hydrogens is 272 g/mol. The van der Waals surface area contributed by atoms with Crippen molar-refractivity contribution in [1.82, 2.24) is 15.2 Å². The molecule has 0 aliphatic carbocycles. The SMILES string of the molecule is C/C=C/CN1C(=O)C2C(=NC3=[N+]2CC(C)=NN3)N(C)C1=O. The van der Waals surface area contributed by atoms with Crippen LogP contribution >= 0.6 is 0 Å². The second kappa shape index (κ2) is 4.80. The fraction of sp³-hybridized carbons (Fsp3) is 0.462. The summed E-state index contributed by atoms with van der Waals surface area (Å²) in [6.45, 7) is 4.52. The summed E-state index contributed by atoms with van der Waals surface area (Å²) in [7, 11) is 1.63. The van der Waals surface area contributed by atoms with Gasteiger partial charge in [0.05, 0.1) is 5.71 Å². The van der Waals surface area contributed by atoms with Crippen LogP contribution in [-0.4, -0.2) is 70.0 Å². The van der Waals surface area contributed by atoms with Crippen LogP contribution in [0.1, 0.15) is 13.8 Å². The number of amides is 3. The molecule has 3 heterocycles. The van der Waals surface area contributed by atoms with Crippen LogP contribution in [0.2, 0.25) is 0 Å². The first-order valence-corrected chi connectivity index (χ1v) is 6.76. The zero-order valence-corrected chi connectivity index (χ0v) is 12.2. The van der Waals surface area contributed by atoms with Gasteiger partial charge in [0.2, 0.25) is 11.9 Å². The van der Waals surface area contributed by atoms with Crippen molar-refractivity contribution >= 4 is 29.4 Å². The number of carbonyl (C=O) groups is 2. The number of hydrogen-bond acceptors (Lipinski definition) is 5. The molecule has 0 aromatic rings. The van der Waals surface area contributed by atoms with Crippen LogP contribution in [0.3, 0.4) is 0 Å². The van der Waals surface area contributed by atoms with E-state index in [-0.39, 0.29) is 18.5 Å².